The molecule has 0 saturated heterocycles. The van der Waals surface area contributed by atoms with Crippen LogP contribution >= 0.6 is 11.6 Å². The number of rotatable bonds is 8. The highest BCUT2D eigenvalue weighted by atomic mass is 35.5. The third-order valence-corrected chi connectivity index (χ3v) is 4.91. The Balaban J connectivity index is 1.58. The molecule has 0 unspecified atom stereocenters. The molecule has 8 heteroatoms. The Morgan fingerprint density at radius 3 is 2.48 bits per heavy atom. The Labute approximate surface area is 196 Å². The van der Waals surface area contributed by atoms with Crippen molar-refractivity contribution in [2.24, 2.45) is 5.10 Å². The third kappa shape index (κ3) is 6.57. The summed E-state index contributed by atoms with van der Waals surface area (Å²) in [5.41, 5.74) is 5.35. The number of hydrazone groups is 1. The van der Waals surface area contributed by atoms with E-state index in [1.165, 1.54) is 13.3 Å². The van der Waals surface area contributed by atoms with Crippen molar-refractivity contribution in [3.05, 3.63) is 87.9 Å². The molecule has 0 saturated carbocycles. The average molecular weight is 467 g/mol. The fourth-order valence-electron chi connectivity index (χ4n) is 2.95. The molecular weight excluding hydrogens is 444 g/mol. The topological polar surface area (TPSA) is 86.2 Å². The molecule has 3 aromatic carbocycles. The first-order chi connectivity index (χ1) is 15.9. The lowest BCUT2D eigenvalue weighted by Gasteiger charge is -2.10. The molecule has 0 aliphatic rings. The van der Waals surface area contributed by atoms with Gasteiger partial charge >= 0.3 is 5.97 Å². The van der Waals surface area contributed by atoms with E-state index in [-0.39, 0.29) is 17.9 Å². The Hall–Kier alpha value is -3.84. The molecule has 3 rings (SSSR count). The number of ether oxygens (including phenoxy) is 3. The number of carbonyl (C=O) groups excluding carboxylic acids is 2. The van der Waals surface area contributed by atoms with Crippen LogP contribution in [0.2, 0.25) is 5.02 Å². The number of nitrogens with one attached hydrogen (secondary N) is 1. The minimum Gasteiger partial charge on any atom is -0.493 e. The highest BCUT2D eigenvalue weighted by Crippen LogP contribution is 2.29. The Bertz CT molecular complexity index is 1190. The number of nitrogens with zero attached hydrogens (tertiary/aromatic N) is 1. The lowest BCUT2D eigenvalue weighted by atomic mass is 10.1. The van der Waals surface area contributed by atoms with Gasteiger partial charge in [-0.25, -0.2) is 10.2 Å². The number of methoxy groups -OCH3 is 1. The van der Waals surface area contributed by atoms with Gasteiger partial charge in [-0.05, 0) is 61.4 Å². The summed E-state index contributed by atoms with van der Waals surface area (Å²) < 4.78 is 16.2. The van der Waals surface area contributed by atoms with Crippen molar-refractivity contribution in [1.29, 1.82) is 0 Å². The van der Waals surface area contributed by atoms with Gasteiger partial charge in [0, 0.05) is 0 Å². The summed E-state index contributed by atoms with van der Waals surface area (Å²) in [4.78, 5) is 24.4. The number of carbonyl (C=O) groups is 2. The summed E-state index contributed by atoms with van der Waals surface area (Å²) in [5.74, 6) is 0.195. The number of aryl methyl sites for hydroxylation is 2. The summed E-state index contributed by atoms with van der Waals surface area (Å²) in [6.07, 6.45) is 1.44. The number of hydrogen-bond acceptors (Lipinski definition) is 6. The van der Waals surface area contributed by atoms with E-state index in [1.807, 2.05) is 32.0 Å². The first kappa shape index (κ1) is 23.8. The minimum atomic E-state index is -0.601. The van der Waals surface area contributed by atoms with Crippen molar-refractivity contribution in [3.8, 4) is 17.2 Å². The average Bonchev–Trinajstić information content (AvgIpc) is 2.79. The van der Waals surface area contributed by atoms with Crippen molar-refractivity contribution in [2.75, 3.05) is 13.7 Å². The zero-order chi connectivity index (χ0) is 23.8. The maximum absolute atomic E-state index is 12.4. The van der Waals surface area contributed by atoms with Crippen LogP contribution in [-0.2, 0) is 4.79 Å². The molecule has 0 bridgehead atoms. The Kier molecular flexibility index (Phi) is 8.05. The highest BCUT2D eigenvalue weighted by Gasteiger charge is 2.15. The fourth-order valence-corrected chi connectivity index (χ4v) is 3.16. The Morgan fingerprint density at radius 2 is 1.76 bits per heavy atom. The molecule has 0 aromatic heterocycles. The summed E-state index contributed by atoms with van der Waals surface area (Å²) >= 11 is 6.05. The van der Waals surface area contributed by atoms with E-state index in [0.717, 1.165) is 11.1 Å². The van der Waals surface area contributed by atoms with Crippen LogP contribution in [0, 0.1) is 13.8 Å². The van der Waals surface area contributed by atoms with Crippen LogP contribution < -0.4 is 19.6 Å². The fraction of sp³-hybridized carbons (Fsp3) is 0.160. The van der Waals surface area contributed by atoms with E-state index in [0.29, 0.717) is 22.1 Å². The van der Waals surface area contributed by atoms with E-state index in [4.69, 9.17) is 25.8 Å². The maximum Gasteiger partial charge on any atom is 0.345 e. The van der Waals surface area contributed by atoms with Crippen LogP contribution in [-0.4, -0.2) is 31.8 Å². The molecule has 1 amide bonds. The number of amides is 1. The largest absolute Gasteiger partial charge is 0.493 e. The van der Waals surface area contributed by atoms with Crippen LogP contribution in [0.1, 0.15) is 27.0 Å². The predicted molar refractivity (Wildman–Crippen MR) is 127 cm³/mol. The minimum absolute atomic E-state index is 0.165. The maximum atomic E-state index is 12.4. The highest BCUT2D eigenvalue weighted by molar-refractivity contribution is 6.33. The first-order valence-corrected chi connectivity index (χ1v) is 10.4. The van der Waals surface area contributed by atoms with Crippen LogP contribution in [0.3, 0.4) is 0 Å². The summed E-state index contributed by atoms with van der Waals surface area (Å²) in [6.45, 7) is 3.74. The molecule has 0 fully saturated rings. The molecule has 0 atom stereocenters. The quantitative estimate of drug-likeness (QED) is 0.225. The zero-order valence-electron chi connectivity index (χ0n) is 18.4. The molecule has 0 heterocycles. The zero-order valence-corrected chi connectivity index (χ0v) is 19.2. The van der Waals surface area contributed by atoms with E-state index in [2.05, 4.69) is 10.5 Å². The number of benzene rings is 3. The van der Waals surface area contributed by atoms with Gasteiger partial charge < -0.3 is 14.2 Å². The van der Waals surface area contributed by atoms with Crippen LogP contribution in [0.15, 0.2) is 65.8 Å². The Morgan fingerprint density at radius 1 is 1.00 bits per heavy atom. The molecule has 0 radical (unpaired) electrons. The van der Waals surface area contributed by atoms with Crippen molar-refractivity contribution >= 4 is 29.7 Å². The number of hydrogen-bond donors (Lipinski definition) is 1. The summed E-state index contributed by atoms with van der Waals surface area (Å²) in [5, 5.41) is 4.22. The predicted octanol–water partition coefficient (Wildman–Crippen LogP) is 4.71. The second-order valence-electron chi connectivity index (χ2n) is 7.13. The van der Waals surface area contributed by atoms with Crippen molar-refractivity contribution in [3.63, 3.8) is 0 Å². The third-order valence-electron chi connectivity index (χ3n) is 4.58. The van der Waals surface area contributed by atoms with Gasteiger partial charge in [-0.3, -0.25) is 4.79 Å². The van der Waals surface area contributed by atoms with Gasteiger partial charge in [0.25, 0.3) is 5.91 Å². The van der Waals surface area contributed by atoms with Gasteiger partial charge in [-0.15, -0.1) is 0 Å². The van der Waals surface area contributed by atoms with Gasteiger partial charge in [-0.2, -0.15) is 5.10 Å². The van der Waals surface area contributed by atoms with E-state index in [9.17, 15) is 9.59 Å². The second-order valence-corrected chi connectivity index (χ2v) is 7.54. The molecule has 0 aliphatic carbocycles. The molecule has 0 spiro atoms. The molecular formula is C25H23ClN2O5. The van der Waals surface area contributed by atoms with Gasteiger partial charge in [0.15, 0.2) is 18.1 Å². The van der Waals surface area contributed by atoms with Crippen LogP contribution in [0.5, 0.6) is 17.2 Å². The normalized spacial score (nSPS) is 10.7. The smallest absolute Gasteiger partial charge is 0.345 e. The van der Waals surface area contributed by atoms with Crippen molar-refractivity contribution in [1.82, 2.24) is 5.43 Å². The van der Waals surface area contributed by atoms with Gasteiger partial charge in [0.2, 0.25) is 0 Å². The van der Waals surface area contributed by atoms with E-state index < -0.39 is 11.9 Å². The molecule has 33 heavy (non-hydrogen) atoms. The van der Waals surface area contributed by atoms with Crippen molar-refractivity contribution in [2.45, 2.75) is 13.8 Å². The SMILES string of the molecule is COc1cc(/C=N\NC(=O)COc2ccc(C)cc2C)ccc1OC(=O)c1ccccc1Cl. The van der Waals surface area contributed by atoms with Gasteiger partial charge in [0.1, 0.15) is 5.75 Å². The first-order valence-electron chi connectivity index (χ1n) is 10.0. The van der Waals surface area contributed by atoms with Crippen LogP contribution in [0.25, 0.3) is 0 Å². The lowest BCUT2D eigenvalue weighted by Crippen LogP contribution is -2.24. The molecule has 7 nitrogen and oxygen atoms in total. The summed E-state index contributed by atoms with van der Waals surface area (Å²) in [6, 6.07) is 17.2. The van der Waals surface area contributed by atoms with Gasteiger partial charge in [-0.1, -0.05) is 41.4 Å². The molecule has 0 aliphatic heterocycles. The van der Waals surface area contributed by atoms with E-state index >= 15 is 0 Å². The number of halogens is 1. The molecule has 3 aromatic rings. The lowest BCUT2D eigenvalue weighted by molar-refractivity contribution is -0.123. The molecule has 170 valence electrons. The monoisotopic (exact) mass is 466 g/mol. The van der Waals surface area contributed by atoms with E-state index in [1.54, 1.807) is 42.5 Å². The van der Waals surface area contributed by atoms with Crippen LogP contribution in [0.4, 0.5) is 0 Å². The molecule has 1 N–H and O–H groups in total. The standard InChI is InChI=1S/C25H23ClN2O5/c1-16-8-10-21(17(2)12-16)32-15-24(29)28-27-14-18-9-11-22(23(13-18)31-3)33-25(30)19-6-4-5-7-20(19)26/h4-14H,15H2,1-3H3,(H,28,29)/b27-14-. The second kappa shape index (κ2) is 11.2. The van der Waals surface area contributed by atoms with Gasteiger partial charge in [0.05, 0.1) is 23.9 Å². The number of esters is 1. The summed E-state index contributed by atoms with van der Waals surface area (Å²) in [7, 11) is 1.45. The van der Waals surface area contributed by atoms with Crippen molar-refractivity contribution < 1.29 is 23.8 Å².